The van der Waals surface area contributed by atoms with Crippen LogP contribution in [0.1, 0.15) is 18.1 Å². The molecule has 0 atom stereocenters. The third-order valence-electron chi connectivity index (χ3n) is 2.89. The van der Waals surface area contributed by atoms with Gasteiger partial charge >= 0.3 is 5.97 Å². The molecule has 0 spiro atoms. The van der Waals surface area contributed by atoms with E-state index in [0.29, 0.717) is 26.5 Å². The van der Waals surface area contributed by atoms with Gasteiger partial charge in [-0.2, -0.15) is 5.10 Å². The highest BCUT2D eigenvalue weighted by Crippen LogP contribution is 2.29. The van der Waals surface area contributed by atoms with Gasteiger partial charge in [-0.25, -0.2) is 0 Å². The summed E-state index contributed by atoms with van der Waals surface area (Å²) in [5, 5.41) is 8.72. The molecule has 0 aliphatic rings. The quantitative estimate of drug-likeness (QED) is 0.265. The van der Waals surface area contributed by atoms with Crippen molar-refractivity contribution < 1.29 is 9.53 Å². The van der Waals surface area contributed by atoms with Gasteiger partial charge in [0.25, 0.3) is 0 Å². The van der Waals surface area contributed by atoms with E-state index in [-0.39, 0.29) is 5.75 Å². The summed E-state index contributed by atoms with van der Waals surface area (Å²) in [6.07, 6.45) is 1.40. The number of nitrogens with two attached hydrogens (primary N) is 1. The van der Waals surface area contributed by atoms with Gasteiger partial charge < -0.3 is 10.5 Å². The van der Waals surface area contributed by atoms with Gasteiger partial charge in [0.2, 0.25) is 0 Å². The van der Waals surface area contributed by atoms with Gasteiger partial charge in [-0.3, -0.25) is 4.79 Å². The number of carbonyl (C=O) groups is 1. The molecule has 0 radical (unpaired) electrons. The first kappa shape index (κ1) is 19.3. The van der Waals surface area contributed by atoms with E-state index < -0.39 is 5.97 Å². The molecule has 2 rings (SSSR count). The van der Waals surface area contributed by atoms with Gasteiger partial charge in [-0.05, 0) is 5.56 Å². The van der Waals surface area contributed by atoms with Crippen molar-refractivity contribution >= 4 is 52.3 Å². The number of amidine groups is 1. The second-order valence-electron chi connectivity index (χ2n) is 4.85. The topological polar surface area (TPSA) is 77.0 Å². The van der Waals surface area contributed by atoms with Gasteiger partial charge in [-0.1, -0.05) is 65.3 Å². The first-order valence-electron chi connectivity index (χ1n) is 7.16. The molecule has 2 N–H and O–H groups in total. The maximum atomic E-state index is 11.0. The molecule has 0 aromatic heterocycles. The minimum absolute atomic E-state index is 0.265. The fourth-order valence-corrected chi connectivity index (χ4v) is 2.99. The van der Waals surface area contributed by atoms with Crippen LogP contribution < -0.4 is 10.5 Å². The van der Waals surface area contributed by atoms with Crippen LogP contribution in [0.3, 0.4) is 0 Å². The number of hydrogen-bond acceptors (Lipinski definition) is 5. The van der Waals surface area contributed by atoms with Gasteiger partial charge in [0, 0.05) is 30.4 Å². The molecular formula is C17H15Cl2N3O2S. The third-order valence-corrected chi connectivity index (χ3v) is 4.37. The van der Waals surface area contributed by atoms with E-state index >= 15 is 0 Å². The molecule has 130 valence electrons. The van der Waals surface area contributed by atoms with E-state index in [1.807, 2.05) is 30.3 Å². The Kier molecular flexibility index (Phi) is 7.31. The second-order valence-corrected chi connectivity index (χ2v) is 6.66. The molecule has 0 saturated carbocycles. The minimum atomic E-state index is -0.457. The van der Waals surface area contributed by atoms with Crippen LogP contribution in [-0.4, -0.2) is 17.4 Å². The van der Waals surface area contributed by atoms with Crippen molar-refractivity contribution in [2.24, 2.45) is 15.9 Å². The highest BCUT2D eigenvalue weighted by atomic mass is 35.5. The van der Waals surface area contributed by atoms with Crippen LogP contribution in [-0.2, 0) is 10.5 Å². The Hall–Kier alpha value is -2.02. The molecule has 0 bridgehead atoms. The lowest BCUT2D eigenvalue weighted by molar-refractivity contribution is -0.131. The van der Waals surface area contributed by atoms with Gasteiger partial charge in [0.1, 0.15) is 5.75 Å². The zero-order chi connectivity index (χ0) is 18.2. The Morgan fingerprint density at radius 3 is 2.48 bits per heavy atom. The summed E-state index contributed by atoms with van der Waals surface area (Å²) in [4.78, 5) is 11.0. The predicted molar refractivity (Wildman–Crippen MR) is 105 cm³/mol. The SMILES string of the molecule is CC(=O)Oc1cc(Cl)c(C=NN=C(N)SCc2ccccc2)c(Cl)c1. The summed E-state index contributed by atoms with van der Waals surface area (Å²) in [6.45, 7) is 1.29. The van der Waals surface area contributed by atoms with Crippen LogP contribution in [0.25, 0.3) is 0 Å². The van der Waals surface area contributed by atoms with Gasteiger partial charge in [0.05, 0.1) is 16.3 Å². The van der Waals surface area contributed by atoms with Crippen LogP contribution in [0.2, 0.25) is 10.0 Å². The van der Waals surface area contributed by atoms with Crippen LogP contribution >= 0.6 is 35.0 Å². The Labute approximate surface area is 159 Å². The van der Waals surface area contributed by atoms with Crippen LogP contribution in [0.4, 0.5) is 0 Å². The fraction of sp³-hybridized carbons (Fsp3) is 0.118. The lowest BCUT2D eigenvalue weighted by atomic mass is 10.2. The Balaban J connectivity index is 2.02. The summed E-state index contributed by atoms with van der Waals surface area (Å²) in [5.74, 6) is 0.507. The van der Waals surface area contributed by atoms with E-state index in [2.05, 4.69) is 10.2 Å². The van der Waals surface area contributed by atoms with Crippen molar-refractivity contribution in [1.29, 1.82) is 0 Å². The van der Waals surface area contributed by atoms with E-state index in [1.165, 1.54) is 37.0 Å². The maximum absolute atomic E-state index is 11.0. The zero-order valence-electron chi connectivity index (χ0n) is 13.3. The first-order chi connectivity index (χ1) is 12.0. The third kappa shape index (κ3) is 6.42. The van der Waals surface area contributed by atoms with Crippen LogP contribution in [0.5, 0.6) is 5.75 Å². The molecule has 2 aromatic carbocycles. The minimum Gasteiger partial charge on any atom is -0.427 e. The highest BCUT2D eigenvalue weighted by Gasteiger charge is 2.08. The van der Waals surface area contributed by atoms with Crippen molar-refractivity contribution in [1.82, 2.24) is 0 Å². The Morgan fingerprint density at radius 2 is 1.88 bits per heavy atom. The van der Waals surface area contributed by atoms with Crippen LogP contribution in [0.15, 0.2) is 52.7 Å². The molecule has 25 heavy (non-hydrogen) atoms. The summed E-state index contributed by atoms with van der Waals surface area (Å²) < 4.78 is 4.94. The van der Waals surface area contributed by atoms with Crippen molar-refractivity contribution in [3.63, 3.8) is 0 Å². The molecule has 0 unspecified atom stereocenters. The van der Waals surface area contributed by atoms with E-state index in [1.54, 1.807) is 0 Å². The van der Waals surface area contributed by atoms with Crippen LogP contribution in [0, 0.1) is 0 Å². The summed E-state index contributed by atoms with van der Waals surface area (Å²) in [5.41, 5.74) is 7.42. The lowest BCUT2D eigenvalue weighted by Crippen LogP contribution is -2.06. The Bertz CT molecular complexity index is 788. The van der Waals surface area contributed by atoms with Crippen molar-refractivity contribution in [3.8, 4) is 5.75 Å². The first-order valence-corrected chi connectivity index (χ1v) is 8.90. The van der Waals surface area contributed by atoms with Gasteiger partial charge in [0.15, 0.2) is 5.17 Å². The van der Waals surface area contributed by atoms with E-state index in [9.17, 15) is 4.79 Å². The highest BCUT2D eigenvalue weighted by molar-refractivity contribution is 8.13. The molecule has 5 nitrogen and oxygen atoms in total. The molecule has 8 heteroatoms. The smallest absolute Gasteiger partial charge is 0.308 e. The second kappa shape index (κ2) is 9.46. The monoisotopic (exact) mass is 395 g/mol. The normalized spacial score (nSPS) is 11.7. The largest absolute Gasteiger partial charge is 0.427 e. The van der Waals surface area contributed by atoms with E-state index in [0.717, 1.165) is 5.56 Å². The summed E-state index contributed by atoms with van der Waals surface area (Å²) in [6, 6.07) is 12.9. The number of halogens is 2. The molecular weight excluding hydrogens is 381 g/mol. The van der Waals surface area contributed by atoms with Crippen molar-refractivity contribution in [2.45, 2.75) is 12.7 Å². The number of rotatable bonds is 5. The molecule has 0 aliphatic heterocycles. The van der Waals surface area contributed by atoms with E-state index in [4.69, 9.17) is 33.7 Å². The maximum Gasteiger partial charge on any atom is 0.308 e. The standard InChI is InChI=1S/C17H15Cl2N3O2S/c1-11(23)24-13-7-15(18)14(16(19)8-13)9-21-22-17(20)25-10-12-5-3-2-4-6-12/h2-9H,10H2,1H3,(H2,20,22). The summed E-state index contributed by atoms with van der Waals surface area (Å²) in [7, 11) is 0. The Morgan fingerprint density at radius 1 is 1.24 bits per heavy atom. The molecule has 0 aliphatic carbocycles. The number of hydrogen-bond donors (Lipinski definition) is 1. The number of carbonyl (C=O) groups excluding carboxylic acids is 1. The predicted octanol–water partition coefficient (Wildman–Crippen LogP) is 4.50. The molecule has 0 heterocycles. The number of esters is 1. The molecule has 0 amide bonds. The molecule has 2 aromatic rings. The summed E-state index contributed by atoms with van der Waals surface area (Å²) >= 11 is 13.6. The van der Waals surface area contributed by atoms with Crippen molar-refractivity contribution in [2.75, 3.05) is 0 Å². The number of nitrogens with zero attached hydrogens (tertiary/aromatic N) is 2. The zero-order valence-corrected chi connectivity index (χ0v) is 15.6. The van der Waals surface area contributed by atoms with Gasteiger partial charge in [-0.15, -0.1) is 5.10 Å². The lowest BCUT2D eigenvalue weighted by Gasteiger charge is -2.05. The average Bonchev–Trinajstić information content (AvgIpc) is 2.56. The fourth-order valence-electron chi connectivity index (χ4n) is 1.81. The molecule has 0 fully saturated rings. The number of ether oxygens (including phenoxy) is 1. The molecule has 0 saturated heterocycles. The van der Waals surface area contributed by atoms with Crippen molar-refractivity contribution in [3.05, 3.63) is 63.6 Å². The number of thioether (sulfide) groups is 1. The number of benzene rings is 2. The average molecular weight is 396 g/mol.